The average molecular weight is 164 g/mol. The van der Waals surface area contributed by atoms with E-state index in [9.17, 15) is 0 Å². The lowest BCUT2D eigenvalue weighted by Gasteiger charge is -2.18. The molecule has 0 bridgehead atoms. The molecule has 1 aromatic rings. The van der Waals surface area contributed by atoms with Gasteiger partial charge >= 0.3 is 0 Å². The van der Waals surface area contributed by atoms with E-state index in [2.05, 4.69) is 43.5 Å². The summed E-state index contributed by atoms with van der Waals surface area (Å²) < 4.78 is 0. The van der Waals surface area contributed by atoms with Crippen LogP contribution in [0.5, 0.6) is 0 Å². The normalized spacial score (nSPS) is 15.6. The molecular formula is C10H16N2. The van der Waals surface area contributed by atoms with Crippen molar-refractivity contribution in [1.82, 2.24) is 5.43 Å². The van der Waals surface area contributed by atoms with E-state index in [1.54, 1.807) is 0 Å². The predicted molar refractivity (Wildman–Crippen MR) is 51.6 cm³/mol. The Labute approximate surface area is 73.8 Å². The monoisotopic (exact) mass is 164 g/mol. The summed E-state index contributed by atoms with van der Waals surface area (Å²) in [6, 6.07) is 10.7. The molecule has 0 aliphatic rings. The topological polar surface area (TPSA) is 38.0 Å². The van der Waals surface area contributed by atoms with E-state index in [1.165, 1.54) is 5.56 Å². The lowest BCUT2D eigenvalue weighted by Crippen LogP contribution is -2.36. The van der Waals surface area contributed by atoms with Gasteiger partial charge in [-0.25, -0.2) is 0 Å². The van der Waals surface area contributed by atoms with Gasteiger partial charge in [-0.3, -0.25) is 11.3 Å². The molecule has 2 unspecified atom stereocenters. The minimum absolute atomic E-state index is 0.312. The van der Waals surface area contributed by atoms with Crippen molar-refractivity contribution in [3.05, 3.63) is 35.9 Å². The molecule has 0 aromatic heterocycles. The molecule has 0 aliphatic heterocycles. The molecule has 2 nitrogen and oxygen atoms in total. The fraction of sp³-hybridized carbons (Fsp3) is 0.400. The summed E-state index contributed by atoms with van der Waals surface area (Å²) in [5.74, 6) is 5.82. The largest absolute Gasteiger partial charge is 0.271 e. The number of rotatable bonds is 3. The van der Waals surface area contributed by atoms with Crippen molar-refractivity contribution in [2.45, 2.75) is 25.8 Å². The molecular weight excluding hydrogens is 148 g/mol. The quantitative estimate of drug-likeness (QED) is 0.526. The van der Waals surface area contributed by atoms with E-state index in [-0.39, 0.29) is 0 Å². The summed E-state index contributed by atoms with van der Waals surface area (Å²) in [4.78, 5) is 0. The number of nitrogens with one attached hydrogen (secondary N) is 1. The van der Waals surface area contributed by atoms with Crippen LogP contribution in [0, 0.1) is 0 Å². The van der Waals surface area contributed by atoms with Crippen LogP contribution in [0.2, 0.25) is 0 Å². The first-order valence-electron chi connectivity index (χ1n) is 4.26. The Balaban J connectivity index is 2.71. The van der Waals surface area contributed by atoms with E-state index >= 15 is 0 Å². The third kappa shape index (κ3) is 2.06. The second-order valence-electron chi connectivity index (χ2n) is 3.15. The SMILES string of the molecule is CC(NN)C(C)c1ccccc1. The molecule has 0 saturated carbocycles. The lowest BCUT2D eigenvalue weighted by atomic mass is 9.95. The third-order valence-electron chi connectivity index (χ3n) is 2.34. The fourth-order valence-corrected chi connectivity index (χ4v) is 1.19. The maximum Gasteiger partial charge on any atom is 0.0248 e. The first kappa shape index (κ1) is 9.23. The Bertz CT molecular complexity index is 221. The highest BCUT2D eigenvalue weighted by molar-refractivity contribution is 5.19. The fourth-order valence-electron chi connectivity index (χ4n) is 1.19. The Morgan fingerprint density at radius 2 is 1.75 bits per heavy atom. The van der Waals surface area contributed by atoms with E-state index in [0.29, 0.717) is 12.0 Å². The molecule has 1 aromatic carbocycles. The van der Waals surface area contributed by atoms with Gasteiger partial charge in [-0.2, -0.15) is 0 Å². The van der Waals surface area contributed by atoms with Crippen LogP contribution in [0.15, 0.2) is 30.3 Å². The van der Waals surface area contributed by atoms with Crippen molar-refractivity contribution in [2.24, 2.45) is 5.84 Å². The number of hydrazine groups is 1. The highest BCUT2D eigenvalue weighted by Crippen LogP contribution is 2.17. The van der Waals surface area contributed by atoms with Crippen LogP contribution in [-0.2, 0) is 0 Å². The summed E-state index contributed by atoms with van der Waals surface area (Å²) >= 11 is 0. The highest BCUT2D eigenvalue weighted by atomic mass is 15.2. The molecule has 0 radical (unpaired) electrons. The first-order chi connectivity index (χ1) is 5.75. The first-order valence-corrected chi connectivity index (χ1v) is 4.26. The molecule has 0 saturated heterocycles. The summed E-state index contributed by atoms with van der Waals surface area (Å²) in [5.41, 5.74) is 4.09. The minimum Gasteiger partial charge on any atom is -0.271 e. The van der Waals surface area contributed by atoms with Gasteiger partial charge < -0.3 is 0 Å². The Morgan fingerprint density at radius 3 is 2.25 bits per heavy atom. The summed E-state index contributed by atoms with van der Waals surface area (Å²) in [5, 5.41) is 0. The van der Waals surface area contributed by atoms with Crippen molar-refractivity contribution in [2.75, 3.05) is 0 Å². The Morgan fingerprint density at radius 1 is 1.17 bits per heavy atom. The van der Waals surface area contributed by atoms with Crippen LogP contribution in [0.3, 0.4) is 0 Å². The van der Waals surface area contributed by atoms with Crippen LogP contribution in [0.1, 0.15) is 25.3 Å². The molecule has 0 fully saturated rings. The molecule has 1 rings (SSSR count). The number of hydrogen-bond donors (Lipinski definition) is 2. The van der Waals surface area contributed by atoms with Crippen molar-refractivity contribution >= 4 is 0 Å². The zero-order valence-electron chi connectivity index (χ0n) is 7.62. The molecule has 2 atom stereocenters. The van der Waals surface area contributed by atoms with Gasteiger partial charge in [0.15, 0.2) is 0 Å². The van der Waals surface area contributed by atoms with E-state index in [1.807, 2.05) is 6.07 Å². The predicted octanol–water partition coefficient (Wildman–Crippen LogP) is 1.64. The van der Waals surface area contributed by atoms with Gasteiger partial charge in [0.05, 0.1) is 0 Å². The number of nitrogens with two attached hydrogens (primary N) is 1. The second kappa shape index (κ2) is 4.24. The maximum absolute atomic E-state index is 5.36. The van der Waals surface area contributed by atoms with Crippen LogP contribution in [0.25, 0.3) is 0 Å². The van der Waals surface area contributed by atoms with Crippen LogP contribution in [-0.4, -0.2) is 6.04 Å². The Kier molecular flexibility index (Phi) is 3.26. The zero-order chi connectivity index (χ0) is 8.97. The summed E-state index contributed by atoms with van der Waals surface area (Å²) in [7, 11) is 0. The smallest absolute Gasteiger partial charge is 0.0248 e. The lowest BCUT2D eigenvalue weighted by molar-refractivity contribution is 0.495. The highest BCUT2D eigenvalue weighted by Gasteiger charge is 2.11. The van der Waals surface area contributed by atoms with Gasteiger partial charge in [0, 0.05) is 6.04 Å². The summed E-state index contributed by atoms with van der Waals surface area (Å²) in [6.45, 7) is 4.25. The number of benzene rings is 1. The van der Waals surface area contributed by atoms with Gasteiger partial charge in [-0.15, -0.1) is 0 Å². The standard InChI is InChI=1S/C10H16N2/c1-8(9(2)12-11)10-6-4-3-5-7-10/h3-9,12H,11H2,1-2H3. The van der Waals surface area contributed by atoms with E-state index < -0.39 is 0 Å². The molecule has 0 amide bonds. The summed E-state index contributed by atoms with van der Waals surface area (Å²) in [6.07, 6.45) is 0. The minimum atomic E-state index is 0.312. The van der Waals surface area contributed by atoms with Gasteiger partial charge in [-0.1, -0.05) is 37.3 Å². The van der Waals surface area contributed by atoms with E-state index in [0.717, 1.165) is 0 Å². The van der Waals surface area contributed by atoms with Crippen molar-refractivity contribution in [3.8, 4) is 0 Å². The molecule has 2 heteroatoms. The Hall–Kier alpha value is -0.860. The molecule has 0 heterocycles. The number of hydrogen-bond acceptors (Lipinski definition) is 2. The molecule has 3 N–H and O–H groups in total. The maximum atomic E-state index is 5.36. The van der Waals surface area contributed by atoms with Crippen molar-refractivity contribution in [3.63, 3.8) is 0 Å². The van der Waals surface area contributed by atoms with Crippen molar-refractivity contribution < 1.29 is 0 Å². The average Bonchev–Trinajstić information content (AvgIpc) is 2.17. The van der Waals surface area contributed by atoms with Crippen LogP contribution >= 0.6 is 0 Å². The zero-order valence-corrected chi connectivity index (χ0v) is 7.62. The van der Waals surface area contributed by atoms with Gasteiger partial charge in [0.2, 0.25) is 0 Å². The van der Waals surface area contributed by atoms with Crippen molar-refractivity contribution in [1.29, 1.82) is 0 Å². The van der Waals surface area contributed by atoms with Gasteiger partial charge in [0.1, 0.15) is 0 Å². The van der Waals surface area contributed by atoms with Crippen LogP contribution < -0.4 is 11.3 Å². The van der Waals surface area contributed by atoms with E-state index in [4.69, 9.17) is 5.84 Å². The molecule has 12 heavy (non-hydrogen) atoms. The van der Waals surface area contributed by atoms with Gasteiger partial charge in [0.25, 0.3) is 0 Å². The van der Waals surface area contributed by atoms with Crippen LogP contribution in [0.4, 0.5) is 0 Å². The molecule has 0 aliphatic carbocycles. The second-order valence-corrected chi connectivity index (χ2v) is 3.15. The van der Waals surface area contributed by atoms with Gasteiger partial charge in [-0.05, 0) is 18.4 Å². The molecule has 0 spiro atoms. The molecule has 66 valence electrons. The third-order valence-corrected chi connectivity index (χ3v) is 2.34.